The van der Waals surface area contributed by atoms with E-state index in [4.69, 9.17) is 0 Å². The molecule has 0 N–H and O–H groups in total. The second kappa shape index (κ2) is 16.3. The molecule has 1 aliphatic carbocycles. The van der Waals surface area contributed by atoms with Gasteiger partial charge in [-0.2, -0.15) is 15.8 Å². The number of hydrogen-bond donors (Lipinski definition) is 0. The molecule has 15 aromatic rings. The number of hydrogen-bond acceptors (Lipinski definition) is 3. The van der Waals surface area contributed by atoms with Crippen LogP contribution in [0.5, 0.6) is 0 Å². The minimum absolute atomic E-state index is 0.331. The monoisotopic (exact) mass is 1010 g/mol. The zero-order valence-electron chi connectivity index (χ0n) is 43.0. The first-order chi connectivity index (χ1) is 38.9. The molecule has 4 aromatic heterocycles. The second-order valence-corrected chi connectivity index (χ2v) is 21.2. The van der Waals surface area contributed by atoms with Crippen molar-refractivity contribution in [2.75, 3.05) is 0 Å². The van der Waals surface area contributed by atoms with Gasteiger partial charge in [0.05, 0.1) is 72.8 Å². The number of fused-ring (bicyclic) bond motifs is 18. The number of rotatable bonds is 5. The van der Waals surface area contributed by atoms with Crippen molar-refractivity contribution in [2.45, 2.75) is 19.3 Å². The van der Waals surface area contributed by atoms with Crippen LogP contribution in [0.4, 0.5) is 0 Å². The van der Waals surface area contributed by atoms with Crippen LogP contribution >= 0.6 is 0 Å². The Bertz CT molecular complexity index is 5050. The maximum Gasteiger partial charge on any atom is 0.104 e. The van der Waals surface area contributed by atoms with Gasteiger partial charge in [-0.3, -0.25) is 0 Å². The summed E-state index contributed by atoms with van der Waals surface area (Å²) in [5.41, 5.74) is 17.2. The lowest BCUT2D eigenvalue weighted by atomic mass is 9.80. The fourth-order valence-electron chi connectivity index (χ4n) is 13.9. The highest BCUT2D eigenvalue weighted by Crippen LogP contribution is 2.59. The molecular weight excluding hydrogens is 963 g/mol. The summed E-state index contributed by atoms with van der Waals surface area (Å²) in [6, 6.07) is 86.0. The summed E-state index contributed by atoms with van der Waals surface area (Å²) < 4.78 is 9.23. The van der Waals surface area contributed by atoms with Crippen LogP contribution in [0.3, 0.4) is 0 Å². The first-order valence-corrected chi connectivity index (χ1v) is 26.6. The maximum atomic E-state index is 12.7. The Morgan fingerprint density at radius 2 is 0.759 bits per heavy atom. The highest BCUT2D eigenvalue weighted by molar-refractivity contribution is 6.32. The van der Waals surface area contributed by atoms with E-state index in [1.807, 2.05) is 24.3 Å². The summed E-state index contributed by atoms with van der Waals surface area (Å²) in [6.07, 6.45) is 0. The van der Waals surface area contributed by atoms with Gasteiger partial charge in [0.2, 0.25) is 0 Å². The van der Waals surface area contributed by atoms with E-state index in [2.05, 4.69) is 251 Å². The van der Waals surface area contributed by atoms with Gasteiger partial charge in [0, 0.05) is 65.3 Å². The molecule has 7 nitrogen and oxygen atoms in total. The average Bonchev–Trinajstić information content (AvgIpc) is 3.95. The van der Waals surface area contributed by atoms with Gasteiger partial charge in [0.1, 0.15) is 23.3 Å². The predicted octanol–water partition coefficient (Wildman–Crippen LogP) is 17.7. The molecule has 79 heavy (non-hydrogen) atoms. The van der Waals surface area contributed by atoms with Crippen molar-refractivity contribution in [3.05, 3.63) is 252 Å². The van der Waals surface area contributed by atoms with Crippen LogP contribution in [0, 0.1) is 34.0 Å². The van der Waals surface area contributed by atoms with Gasteiger partial charge in [-0.15, -0.1) is 0 Å². The van der Waals surface area contributed by atoms with E-state index in [-0.39, 0.29) is 0 Å². The average molecular weight is 1010 g/mol. The lowest BCUT2D eigenvalue weighted by Gasteiger charge is -2.26. The van der Waals surface area contributed by atoms with Crippen LogP contribution in [0.15, 0.2) is 224 Å². The Hall–Kier alpha value is -10.9. The summed E-state index contributed by atoms with van der Waals surface area (Å²) in [6.45, 7) is 4.69. The molecule has 0 atom stereocenters. The summed E-state index contributed by atoms with van der Waals surface area (Å²) in [7, 11) is 0. The molecular formula is C72H43N7. The normalized spacial score (nSPS) is 12.7. The number of aromatic nitrogens is 4. The van der Waals surface area contributed by atoms with Crippen LogP contribution < -0.4 is 0 Å². The number of benzene rings is 11. The Balaban J connectivity index is 1.23. The summed E-state index contributed by atoms with van der Waals surface area (Å²) in [5.74, 6) is 0. The molecule has 0 saturated heterocycles. The van der Waals surface area contributed by atoms with Gasteiger partial charge >= 0.3 is 0 Å². The van der Waals surface area contributed by atoms with Gasteiger partial charge in [0.25, 0.3) is 0 Å². The minimum Gasteiger partial charge on any atom is -0.309 e. The van der Waals surface area contributed by atoms with Crippen LogP contribution in [-0.4, -0.2) is 18.3 Å². The fraction of sp³-hybridized carbons (Fsp3) is 0.0417. The predicted molar refractivity (Wildman–Crippen MR) is 321 cm³/mol. The fourth-order valence-corrected chi connectivity index (χ4v) is 13.9. The van der Waals surface area contributed by atoms with Crippen LogP contribution in [-0.2, 0) is 5.41 Å². The zero-order chi connectivity index (χ0) is 52.8. The van der Waals surface area contributed by atoms with Gasteiger partial charge < -0.3 is 18.3 Å². The SMILES string of the molecule is CC1(C)c2ccccc2-c2c1c1c3ccccc3n(-c3c(C#N)c(-n4c5ccccc5c5ccccc54)c(-c4ccc(C#N)cc4)c(-n4c5ccccc5c5ccccc54)c3C#N)c1c1c3ccccc3n(-c3ccccc3)c21. The first kappa shape index (κ1) is 44.4. The Morgan fingerprint density at radius 3 is 1.25 bits per heavy atom. The molecule has 11 aromatic carbocycles. The molecule has 0 bridgehead atoms. The Kier molecular flexibility index (Phi) is 9.16. The molecule has 0 aliphatic heterocycles. The van der Waals surface area contributed by atoms with Crippen LogP contribution in [0.25, 0.3) is 132 Å². The van der Waals surface area contributed by atoms with Crippen LogP contribution in [0.1, 0.15) is 41.7 Å². The lowest BCUT2D eigenvalue weighted by Crippen LogP contribution is -2.16. The molecule has 4 heterocycles. The third-order valence-electron chi connectivity index (χ3n) is 17.0. The third kappa shape index (κ3) is 5.76. The molecule has 0 radical (unpaired) electrons. The van der Waals surface area contributed by atoms with E-state index >= 15 is 0 Å². The Labute approximate surface area is 453 Å². The standard InChI is InChI=1S/C72H43N7/c1-72(2)55-29-13-6-26-50(55)63-66(72)64-51-27-11-19-35-61(51)79(71(64)65-52-28-12-18-34-60(52)76(70(63)65)45-20-4-3-5-21-45)67-53(41-74)68(77-56-30-14-7-22-46(56)47-23-8-15-31-57(47)77)62(44-38-36-43(40-73)37-39-44)69(54(67)42-75)78-58-32-16-9-24-48(58)49-25-10-17-33-59(49)78/h3-39H,1-2H3. The van der Waals surface area contributed by atoms with Crippen molar-refractivity contribution in [3.8, 4) is 63.2 Å². The van der Waals surface area contributed by atoms with Crippen molar-refractivity contribution in [1.82, 2.24) is 18.3 Å². The molecule has 0 unspecified atom stereocenters. The van der Waals surface area contributed by atoms with Crippen molar-refractivity contribution in [2.24, 2.45) is 0 Å². The molecule has 0 spiro atoms. The van der Waals surface area contributed by atoms with Gasteiger partial charge in [-0.25, -0.2) is 0 Å². The van der Waals surface area contributed by atoms with Crippen molar-refractivity contribution in [3.63, 3.8) is 0 Å². The highest BCUT2D eigenvalue weighted by Gasteiger charge is 2.43. The van der Waals surface area contributed by atoms with Crippen molar-refractivity contribution < 1.29 is 0 Å². The smallest absolute Gasteiger partial charge is 0.104 e. The van der Waals surface area contributed by atoms with Gasteiger partial charge in [-0.1, -0.05) is 178 Å². The van der Waals surface area contributed by atoms with E-state index in [0.717, 1.165) is 98.5 Å². The van der Waals surface area contributed by atoms with Gasteiger partial charge in [0.15, 0.2) is 0 Å². The number of para-hydroxylation sites is 7. The first-order valence-electron chi connectivity index (χ1n) is 26.6. The van der Waals surface area contributed by atoms with Crippen molar-refractivity contribution in [1.29, 1.82) is 15.8 Å². The third-order valence-corrected chi connectivity index (χ3v) is 17.0. The Morgan fingerprint density at radius 1 is 0.342 bits per heavy atom. The highest BCUT2D eigenvalue weighted by atomic mass is 15.1. The minimum atomic E-state index is -0.483. The van der Waals surface area contributed by atoms with Gasteiger partial charge in [-0.05, 0) is 82.9 Å². The molecule has 16 rings (SSSR count). The number of nitrogens with zero attached hydrogens (tertiary/aromatic N) is 7. The van der Waals surface area contributed by atoms with E-state index < -0.39 is 5.41 Å². The second-order valence-electron chi connectivity index (χ2n) is 21.2. The molecule has 0 fully saturated rings. The molecule has 1 aliphatic rings. The summed E-state index contributed by atoms with van der Waals surface area (Å²) >= 11 is 0. The summed E-state index contributed by atoms with van der Waals surface area (Å²) in [4.78, 5) is 0. The zero-order valence-corrected chi connectivity index (χ0v) is 43.0. The molecule has 366 valence electrons. The summed E-state index contributed by atoms with van der Waals surface area (Å²) in [5, 5.41) is 43.9. The quantitative estimate of drug-likeness (QED) is 0.172. The molecule has 0 saturated carbocycles. The van der Waals surface area contributed by atoms with Crippen molar-refractivity contribution >= 4 is 87.2 Å². The number of nitriles is 3. The van der Waals surface area contributed by atoms with E-state index in [1.54, 1.807) is 0 Å². The van der Waals surface area contributed by atoms with E-state index in [1.165, 1.54) is 22.3 Å². The van der Waals surface area contributed by atoms with E-state index in [0.29, 0.717) is 39.3 Å². The lowest BCUT2D eigenvalue weighted by molar-refractivity contribution is 0.667. The molecule has 0 amide bonds. The largest absolute Gasteiger partial charge is 0.309 e. The molecule has 7 heteroatoms. The maximum absolute atomic E-state index is 12.7. The van der Waals surface area contributed by atoms with E-state index in [9.17, 15) is 15.8 Å². The van der Waals surface area contributed by atoms with Crippen LogP contribution in [0.2, 0.25) is 0 Å². The topological polar surface area (TPSA) is 91.1 Å².